The lowest BCUT2D eigenvalue weighted by Gasteiger charge is -2.23. The summed E-state index contributed by atoms with van der Waals surface area (Å²) in [5, 5.41) is 2.40. The van der Waals surface area contributed by atoms with Gasteiger partial charge < -0.3 is 14.8 Å². The summed E-state index contributed by atoms with van der Waals surface area (Å²) in [6.07, 6.45) is -5.65. The highest BCUT2D eigenvalue weighted by molar-refractivity contribution is 6.30. The van der Waals surface area contributed by atoms with Crippen molar-refractivity contribution in [2.75, 3.05) is 25.3 Å². The molecule has 0 radical (unpaired) electrons. The summed E-state index contributed by atoms with van der Waals surface area (Å²) in [6, 6.07) is 6.09. The number of carbonyl (C=O) groups is 2. The summed E-state index contributed by atoms with van der Waals surface area (Å²) in [4.78, 5) is 25.4. The molecule has 0 spiro atoms. The molecule has 0 fully saturated rings. The van der Waals surface area contributed by atoms with Crippen LogP contribution in [0.25, 0.3) is 0 Å². The molecule has 0 saturated heterocycles. The van der Waals surface area contributed by atoms with Gasteiger partial charge >= 0.3 is 12.3 Å². The molecule has 11 heteroatoms. The van der Waals surface area contributed by atoms with Crippen molar-refractivity contribution in [3.05, 3.63) is 58.1 Å². The molecule has 1 N–H and O–H groups in total. The fourth-order valence-corrected chi connectivity index (χ4v) is 3.46. The number of rotatable bonds is 5. The zero-order valence-electron chi connectivity index (χ0n) is 16.3. The van der Waals surface area contributed by atoms with Crippen LogP contribution in [-0.2, 0) is 21.4 Å². The monoisotopic (exact) mass is 460 g/mol. The van der Waals surface area contributed by atoms with Crippen LogP contribution in [0, 0.1) is 0 Å². The molecule has 1 atom stereocenters. The van der Waals surface area contributed by atoms with Crippen LogP contribution < -0.4 is 15.0 Å². The van der Waals surface area contributed by atoms with Crippen LogP contribution in [0.3, 0.4) is 0 Å². The van der Waals surface area contributed by atoms with E-state index in [-0.39, 0.29) is 34.1 Å². The van der Waals surface area contributed by atoms with Gasteiger partial charge in [-0.2, -0.15) is 13.2 Å². The largest absolute Gasteiger partial charge is 0.496 e. The van der Waals surface area contributed by atoms with Gasteiger partial charge in [0.2, 0.25) is 5.67 Å². The Morgan fingerprint density at radius 1 is 1.19 bits per heavy atom. The van der Waals surface area contributed by atoms with Crippen LogP contribution >= 0.6 is 11.6 Å². The Morgan fingerprint density at radius 2 is 1.90 bits per heavy atom. The summed E-state index contributed by atoms with van der Waals surface area (Å²) in [5.41, 5.74) is -5.03. The van der Waals surface area contributed by atoms with E-state index in [0.717, 1.165) is 12.1 Å². The van der Waals surface area contributed by atoms with Crippen molar-refractivity contribution in [2.24, 2.45) is 0 Å². The van der Waals surface area contributed by atoms with Crippen molar-refractivity contribution < 1.29 is 36.6 Å². The number of halogens is 5. The second kappa shape index (κ2) is 8.26. The molecule has 1 unspecified atom stereocenters. The van der Waals surface area contributed by atoms with Gasteiger partial charge in [-0.05, 0) is 37.3 Å². The number of carbonyl (C=O) groups excluding carboxylic acids is 2. The molecule has 1 heterocycles. The summed E-state index contributed by atoms with van der Waals surface area (Å²) in [6.45, 7) is 1.03. The molecule has 0 aliphatic carbocycles. The number of anilines is 1. The lowest BCUT2D eigenvalue weighted by atomic mass is 9.88. The first-order valence-electron chi connectivity index (χ1n) is 9.01. The quantitative estimate of drug-likeness (QED) is 0.661. The summed E-state index contributed by atoms with van der Waals surface area (Å²) in [7, 11) is 1.25. The van der Waals surface area contributed by atoms with Crippen molar-refractivity contribution in [3.8, 4) is 5.75 Å². The Kier molecular flexibility index (Phi) is 6.04. The molecule has 31 heavy (non-hydrogen) atoms. The summed E-state index contributed by atoms with van der Waals surface area (Å²) in [5.74, 6) is -1.27. The molecule has 0 aromatic heterocycles. The Labute approximate surface area is 179 Å². The van der Waals surface area contributed by atoms with Gasteiger partial charge in [-0.1, -0.05) is 17.7 Å². The molecular weight excluding hydrogens is 444 g/mol. The van der Waals surface area contributed by atoms with Crippen LogP contribution in [0.4, 0.5) is 28.0 Å². The minimum atomic E-state index is -4.74. The topological polar surface area (TPSA) is 67.9 Å². The van der Waals surface area contributed by atoms with Crippen LogP contribution in [0.2, 0.25) is 5.02 Å². The molecule has 2 aromatic carbocycles. The number of methoxy groups -OCH3 is 1. The van der Waals surface area contributed by atoms with Crippen LogP contribution in [0.15, 0.2) is 36.4 Å². The number of alkyl halides is 4. The minimum absolute atomic E-state index is 0.0300. The van der Waals surface area contributed by atoms with Crippen LogP contribution in [-0.4, -0.2) is 32.4 Å². The zero-order valence-corrected chi connectivity index (χ0v) is 17.1. The minimum Gasteiger partial charge on any atom is -0.496 e. The van der Waals surface area contributed by atoms with Crippen molar-refractivity contribution in [1.29, 1.82) is 0 Å². The molecular formula is C20H17ClF4N2O4. The average molecular weight is 461 g/mol. The van der Waals surface area contributed by atoms with E-state index < -0.39 is 36.1 Å². The van der Waals surface area contributed by atoms with Gasteiger partial charge in [0.25, 0.3) is 5.91 Å². The molecule has 0 bridgehead atoms. The smallest absolute Gasteiger partial charge is 0.416 e. The van der Waals surface area contributed by atoms with Crippen molar-refractivity contribution >= 4 is 29.3 Å². The first kappa shape index (κ1) is 22.7. The number of hydrogen-bond donors (Lipinski definition) is 1. The van der Waals surface area contributed by atoms with E-state index in [9.17, 15) is 22.8 Å². The fraction of sp³-hybridized carbons (Fsp3) is 0.300. The molecule has 1 aliphatic rings. The van der Waals surface area contributed by atoms with E-state index in [0.29, 0.717) is 17.0 Å². The van der Waals surface area contributed by atoms with E-state index >= 15 is 4.39 Å². The molecule has 2 amide bonds. The molecule has 166 valence electrons. The molecule has 6 nitrogen and oxygen atoms in total. The van der Waals surface area contributed by atoms with Crippen molar-refractivity contribution in [3.63, 3.8) is 0 Å². The van der Waals surface area contributed by atoms with Crippen molar-refractivity contribution in [1.82, 2.24) is 5.32 Å². The first-order valence-corrected chi connectivity index (χ1v) is 9.39. The van der Waals surface area contributed by atoms with Gasteiger partial charge in [-0.3, -0.25) is 9.69 Å². The maximum Gasteiger partial charge on any atom is 0.416 e. The molecule has 1 aliphatic heterocycles. The average Bonchev–Trinajstić information content (AvgIpc) is 2.93. The molecule has 3 rings (SSSR count). The summed E-state index contributed by atoms with van der Waals surface area (Å²) < 4.78 is 66.2. The van der Waals surface area contributed by atoms with E-state index in [1.165, 1.54) is 19.2 Å². The van der Waals surface area contributed by atoms with E-state index in [4.69, 9.17) is 21.1 Å². The highest BCUT2D eigenvalue weighted by Gasteiger charge is 2.55. The van der Waals surface area contributed by atoms with Gasteiger partial charge in [-0.15, -0.1) is 0 Å². The van der Waals surface area contributed by atoms with Gasteiger partial charge in [0, 0.05) is 22.7 Å². The lowest BCUT2D eigenvalue weighted by Crippen LogP contribution is -2.41. The SMILES string of the molecule is CCNC(=O)OCN1C(=O)C(F)(c2cc(Cl)ccc2OC)c2ccc(C(F)(F)F)cc21. The predicted octanol–water partition coefficient (Wildman–Crippen LogP) is 4.63. The van der Waals surface area contributed by atoms with E-state index in [2.05, 4.69) is 5.32 Å². The van der Waals surface area contributed by atoms with Gasteiger partial charge in [-0.25, -0.2) is 9.18 Å². The predicted molar refractivity (Wildman–Crippen MR) is 104 cm³/mol. The lowest BCUT2D eigenvalue weighted by molar-refractivity contribution is -0.137. The Hall–Kier alpha value is -3.01. The first-order chi connectivity index (χ1) is 14.5. The second-order valence-corrected chi connectivity index (χ2v) is 6.99. The highest BCUT2D eigenvalue weighted by atomic mass is 35.5. The van der Waals surface area contributed by atoms with Gasteiger partial charge in [0.15, 0.2) is 6.73 Å². The Balaban J connectivity index is 2.17. The third-order valence-corrected chi connectivity index (χ3v) is 4.94. The van der Waals surface area contributed by atoms with Gasteiger partial charge in [0.05, 0.1) is 18.4 Å². The number of fused-ring (bicyclic) bond motifs is 1. The van der Waals surface area contributed by atoms with E-state index in [1.54, 1.807) is 6.92 Å². The summed E-state index contributed by atoms with van der Waals surface area (Å²) >= 11 is 5.97. The third kappa shape index (κ3) is 3.99. The molecule has 0 saturated carbocycles. The Bertz CT molecular complexity index is 1030. The number of ether oxygens (including phenoxy) is 2. The number of amides is 2. The highest BCUT2D eigenvalue weighted by Crippen LogP contribution is 2.51. The number of nitrogens with one attached hydrogen (secondary N) is 1. The van der Waals surface area contributed by atoms with Crippen molar-refractivity contribution in [2.45, 2.75) is 18.8 Å². The number of hydrogen-bond acceptors (Lipinski definition) is 4. The number of benzene rings is 2. The standard InChI is InChI=1S/C20H17ClF4N2O4/c1-3-26-18(29)31-10-27-15-8-11(20(23,24)25)4-6-13(15)19(22,17(27)28)14-9-12(21)5-7-16(14)30-2/h4-9H,3,10H2,1-2H3,(H,26,29). The second-order valence-electron chi connectivity index (χ2n) is 6.56. The maximum atomic E-state index is 16.4. The number of alkyl carbamates (subject to hydrolysis) is 1. The molecule has 2 aromatic rings. The Morgan fingerprint density at radius 3 is 2.52 bits per heavy atom. The zero-order chi connectivity index (χ0) is 23.0. The number of nitrogens with zero attached hydrogens (tertiary/aromatic N) is 1. The maximum absolute atomic E-state index is 16.4. The van der Waals surface area contributed by atoms with Crippen LogP contribution in [0.1, 0.15) is 23.6 Å². The normalized spacial score (nSPS) is 18.0. The van der Waals surface area contributed by atoms with E-state index in [1.807, 2.05) is 0 Å². The van der Waals surface area contributed by atoms with Crippen LogP contribution in [0.5, 0.6) is 5.75 Å². The fourth-order valence-electron chi connectivity index (χ4n) is 3.29. The van der Waals surface area contributed by atoms with Gasteiger partial charge in [0.1, 0.15) is 5.75 Å². The third-order valence-electron chi connectivity index (χ3n) is 4.71.